The Morgan fingerprint density at radius 1 is 0.780 bits per heavy atom. The summed E-state index contributed by atoms with van der Waals surface area (Å²) >= 11 is 3.38. The zero-order valence-corrected chi connectivity index (χ0v) is 27.8. The molecule has 1 heterocycles. The van der Waals surface area contributed by atoms with Crippen LogP contribution in [-0.4, -0.2) is 33.6 Å². The molecule has 248 valence electrons. The molecule has 6 rings (SSSR count). The quantitative estimate of drug-likeness (QED) is 0.0793. The van der Waals surface area contributed by atoms with Gasteiger partial charge in [-0.25, -0.2) is 5.43 Å². The molecule has 1 aromatic heterocycles. The van der Waals surface area contributed by atoms with Crippen molar-refractivity contribution in [1.29, 1.82) is 0 Å². The molecule has 50 heavy (non-hydrogen) atoms. The SMILES string of the molecule is COc1cc(/C=N\NC(=O)c2ccc(-n3c(-c4ccccc4)ccc3-c3ccccc3)cc2)cc(Br)c1Oc1ccc([N+](=O)[O-])cc1[N+](=O)[O-]. The lowest BCUT2D eigenvalue weighted by molar-refractivity contribution is -0.394. The zero-order chi connectivity index (χ0) is 35.2. The highest BCUT2D eigenvalue weighted by molar-refractivity contribution is 9.10. The third kappa shape index (κ3) is 7.12. The Balaban J connectivity index is 1.20. The number of carbonyl (C=O) groups is 1. The molecule has 0 saturated heterocycles. The molecular formula is C37H26BrN5O7. The number of benzene rings is 5. The van der Waals surface area contributed by atoms with E-state index < -0.39 is 27.1 Å². The third-order valence-electron chi connectivity index (χ3n) is 7.60. The number of halogens is 1. The van der Waals surface area contributed by atoms with Crippen LogP contribution in [0.5, 0.6) is 17.2 Å². The van der Waals surface area contributed by atoms with Crippen LogP contribution in [0.4, 0.5) is 11.4 Å². The van der Waals surface area contributed by atoms with Crippen LogP contribution < -0.4 is 14.9 Å². The van der Waals surface area contributed by atoms with E-state index in [1.54, 1.807) is 24.3 Å². The van der Waals surface area contributed by atoms with Crippen molar-refractivity contribution in [1.82, 2.24) is 9.99 Å². The number of hydrazone groups is 1. The van der Waals surface area contributed by atoms with Crippen molar-refractivity contribution < 1.29 is 24.1 Å². The van der Waals surface area contributed by atoms with Crippen molar-refractivity contribution in [3.8, 4) is 45.5 Å². The second-order valence-electron chi connectivity index (χ2n) is 10.7. The van der Waals surface area contributed by atoms with Crippen molar-refractivity contribution in [3.63, 3.8) is 0 Å². The fourth-order valence-corrected chi connectivity index (χ4v) is 5.79. The predicted octanol–water partition coefficient (Wildman–Crippen LogP) is 8.96. The number of amides is 1. The largest absolute Gasteiger partial charge is 0.493 e. The molecule has 0 aliphatic rings. The van der Waals surface area contributed by atoms with E-state index in [0.717, 1.165) is 46.4 Å². The number of nitro benzene ring substituents is 2. The summed E-state index contributed by atoms with van der Waals surface area (Å²) in [6.07, 6.45) is 1.40. The minimum Gasteiger partial charge on any atom is -0.493 e. The van der Waals surface area contributed by atoms with Crippen LogP contribution in [0.15, 0.2) is 137 Å². The molecule has 0 spiro atoms. The number of rotatable bonds is 11. The lowest BCUT2D eigenvalue weighted by Crippen LogP contribution is -2.17. The minimum absolute atomic E-state index is 0.0965. The number of ether oxygens (including phenoxy) is 2. The van der Waals surface area contributed by atoms with Gasteiger partial charge >= 0.3 is 5.69 Å². The molecule has 12 nitrogen and oxygen atoms in total. The molecule has 0 radical (unpaired) electrons. The number of hydrogen-bond acceptors (Lipinski definition) is 8. The van der Waals surface area contributed by atoms with E-state index >= 15 is 0 Å². The maximum Gasteiger partial charge on any atom is 0.318 e. The third-order valence-corrected chi connectivity index (χ3v) is 8.19. The number of nitrogens with zero attached hydrogens (tertiary/aromatic N) is 4. The summed E-state index contributed by atoms with van der Waals surface area (Å²) in [6.45, 7) is 0. The van der Waals surface area contributed by atoms with Gasteiger partial charge < -0.3 is 14.0 Å². The number of non-ortho nitro benzene ring substituents is 1. The lowest BCUT2D eigenvalue weighted by Gasteiger charge is -2.15. The van der Waals surface area contributed by atoms with Gasteiger partial charge in [-0.3, -0.25) is 25.0 Å². The van der Waals surface area contributed by atoms with E-state index in [1.807, 2.05) is 48.5 Å². The van der Waals surface area contributed by atoms with Gasteiger partial charge in [-0.05, 0) is 87.2 Å². The average molecular weight is 733 g/mol. The highest BCUT2D eigenvalue weighted by atomic mass is 79.9. The first-order valence-electron chi connectivity index (χ1n) is 15.0. The maximum absolute atomic E-state index is 13.0. The summed E-state index contributed by atoms with van der Waals surface area (Å²) in [6, 6.07) is 37.8. The summed E-state index contributed by atoms with van der Waals surface area (Å²) in [5, 5.41) is 26.8. The van der Waals surface area contributed by atoms with Gasteiger partial charge in [0.15, 0.2) is 11.5 Å². The number of nitrogens with one attached hydrogen (secondary N) is 1. The van der Waals surface area contributed by atoms with Crippen molar-refractivity contribution in [2.45, 2.75) is 0 Å². The van der Waals surface area contributed by atoms with Gasteiger partial charge in [0.1, 0.15) is 0 Å². The van der Waals surface area contributed by atoms with Gasteiger partial charge in [0, 0.05) is 17.3 Å². The smallest absolute Gasteiger partial charge is 0.318 e. The topological polar surface area (TPSA) is 151 Å². The normalized spacial score (nSPS) is 10.9. The fourth-order valence-electron chi connectivity index (χ4n) is 5.25. The minimum atomic E-state index is -0.773. The second-order valence-corrected chi connectivity index (χ2v) is 11.6. The monoisotopic (exact) mass is 731 g/mol. The van der Waals surface area contributed by atoms with Gasteiger partial charge in [-0.2, -0.15) is 5.10 Å². The molecular weight excluding hydrogens is 706 g/mol. The Bertz CT molecular complexity index is 2180. The second kappa shape index (κ2) is 14.7. The number of nitro groups is 2. The Hall–Kier alpha value is -6.60. The number of carbonyl (C=O) groups excluding carboxylic acids is 1. The van der Waals surface area contributed by atoms with Crippen LogP contribution in [0, 0.1) is 20.2 Å². The molecule has 0 aliphatic carbocycles. The van der Waals surface area contributed by atoms with Gasteiger partial charge in [-0.15, -0.1) is 0 Å². The molecule has 13 heteroatoms. The van der Waals surface area contributed by atoms with E-state index in [4.69, 9.17) is 9.47 Å². The average Bonchev–Trinajstić information content (AvgIpc) is 3.58. The van der Waals surface area contributed by atoms with E-state index in [2.05, 4.69) is 67.4 Å². The van der Waals surface area contributed by atoms with Crippen LogP contribution in [0.1, 0.15) is 15.9 Å². The van der Waals surface area contributed by atoms with E-state index in [-0.39, 0.29) is 17.2 Å². The summed E-state index contributed by atoms with van der Waals surface area (Å²) in [4.78, 5) is 34.2. The molecule has 0 saturated carbocycles. The Morgan fingerprint density at radius 3 is 1.96 bits per heavy atom. The summed E-state index contributed by atoms with van der Waals surface area (Å²) in [7, 11) is 1.38. The highest BCUT2D eigenvalue weighted by Crippen LogP contribution is 2.42. The molecule has 1 N–H and O–H groups in total. The van der Waals surface area contributed by atoms with Crippen molar-refractivity contribution in [2.75, 3.05) is 7.11 Å². The highest BCUT2D eigenvalue weighted by Gasteiger charge is 2.23. The first-order valence-corrected chi connectivity index (χ1v) is 15.8. The number of methoxy groups -OCH3 is 1. The van der Waals surface area contributed by atoms with Crippen molar-refractivity contribution in [3.05, 3.63) is 163 Å². The van der Waals surface area contributed by atoms with Crippen LogP contribution in [-0.2, 0) is 0 Å². The van der Waals surface area contributed by atoms with Crippen LogP contribution in [0.3, 0.4) is 0 Å². The van der Waals surface area contributed by atoms with E-state index in [9.17, 15) is 25.0 Å². The van der Waals surface area contributed by atoms with Crippen LogP contribution in [0.2, 0.25) is 0 Å². The van der Waals surface area contributed by atoms with E-state index in [1.165, 1.54) is 13.3 Å². The van der Waals surface area contributed by atoms with Gasteiger partial charge in [0.2, 0.25) is 5.75 Å². The molecule has 0 bridgehead atoms. The molecule has 0 aliphatic heterocycles. The zero-order valence-electron chi connectivity index (χ0n) is 26.2. The molecule has 0 fully saturated rings. The standard InChI is InChI=1S/C37H26BrN5O7/c1-49-35-21-24(20-30(38)36(35)50-34-19-16-29(42(45)46)22-33(34)43(47)48)23-39-40-37(44)27-12-14-28(15-13-27)41-31(25-8-4-2-5-9-25)17-18-32(41)26-10-6-3-7-11-26/h2-23H,1H3,(H,40,44)/b39-23-. The predicted molar refractivity (Wildman–Crippen MR) is 192 cm³/mol. The number of aromatic nitrogens is 1. The Labute approximate surface area is 293 Å². The number of hydrogen-bond donors (Lipinski definition) is 1. The molecule has 0 atom stereocenters. The first-order chi connectivity index (χ1) is 24.2. The maximum atomic E-state index is 13.0. The van der Waals surface area contributed by atoms with Gasteiger partial charge in [0.05, 0.1) is 45.1 Å². The lowest BCUT2D eigenvalue weighted by atomic mass is 10.1. The van der Waals surface area contributed by atoms with Crippen molar-refractivity contribution in [2.24, 2.45) is 5.10 Å². The Kier molecular flexibility index (Phi) is 9.77. The molecule has 1 amide bonds. The summed E-state index contributed by atoms with van der Waals surface area (Å²) in [5.41, 5.74) is 7.41. The van der Waals surface area contributed by atoms with Gasteiger partial charge in [0.25, 0.3) is 11.6 Å². The summed E-state index contributed by atoms with van der Waals surface area (Å²) in [5.74, 6) is -0.364. The molecule has 5 aromatic carbocycles. The fraction of sp³-hybridized carbons (Fsp3) is 0.0270. The molecule has 6 aromatic rings. The first kappa shape index (κ1) is 33.3. The van der Waals surface area contributed by atoms with Crippen LogP contribution >= 0.6 is 15.9 Å². The van der Waals surface area contributed by atoms with Crippen molar-refractivity contribution >= 4 is 39.4 Å². The van der Waals surface area contributed by atoms with E-state index in [0.29, 0.717) is 15.6 Å². The molecule has 0 unspecified atom stereocenters. The Morgan fingerprint density at radius 2 is 1.40 bits per heavy atom. The summed E-state index contributed by atoms with van der Waals surface area (Å²) < 4.78 is 13.7. The van der Waals surface area contributed by atoms with Crippen LogP contribution in [0.25, 0.3) is 28.2 Å². The van der Waals surface area contributed by atoms with Gasteiger partial charge in [-0.1, -0.05) is 60.7 Å².